The molecule has 2 aliphatic rings. The first-order chi connectivity index (χ1) is 20.2. The Morgan fingerprint density at radius 1 is 0.786 bits per heavy atom. The van der Waals surface area contributed by atoms with Crippen LogP contribution in [0.3, 0.4) is 0 Å². The van der Waals surface area contributed by atoms with Crippen molar-refractivity contribution in [3.8, 4) is 6.07 Å². The normalized spacial score (nSPS) is 20.3. The molecule has 0 aromatic heterocycles. The summed E-state index contributed by atoms with van der Waals surface area (Å²) in [6.07, 6.45) is 6.56. The van der Waals surface area contributed by atoms with E-state index in [4.69, 9.17) is 5.26 Å². The van der Waals surface area contributed by atoms with Crippen molar-refractivity contribution in [1.29, 1.82) is 5.26 Å². The van der Waals surface area contributed by atoms with Crippen LogP contribution in [-0.2, 0) is 25.7 Å². The van der Waals surface area contributed by atoms with Crippen molar-refractivity contribution in [3.63, 3.8) is 0 Å². The molecular weight excluding hydrogens is 548 g/mol. The molecule has 222 valence electrons. The highest BCUT2D eigenvalue weighted by Gasteiger charge is 2.33. The zero-order valence-electron chi connectivity index (χ0n) is 23.8. The molecule has 0 N–H and O–H groups in total. The van der Waals surface area contributed by atoms with E-state index in [1.807, 2.05) is 6.92 Å². The van der Waals surface area contributed by atoms with Crippen LogP contribution in [0.25, 0.3) is 0 Å². The Balaban J connectivity index is 1.24. The molecule has 0 bridgehead atoms. The Morgan fingerprint density at radius 2 is 1.48 bits per heavy atom. The lowest BCUT2D eigenvalue weighted by atomic mass is 9.73. The number of benzene rings is 3. The van der Waals surface area contributed by atoms with Gasteiger partial charge in [0, 0.05) is 11.1 Å². The number of fused-ring (bicyclic) bond motifs is 1. The Kier molecular flexibility index (Phi) is 9.30. The maximum atomic E-state index is 15.8. The van der Waals surface area contributed by atoms with E-state index >= 15 is 8.78 Å². The summed E-state index contributed by atoms with van der Waals surface area (Å²) in [6.45, 7) is 2.03. The molecule has 5 rings (SSSR count). The van der Waals surface area contributed by atoms with Gasteiger partial charge < -0.3 is 0 Å². The largest absolute Gasteiger partial charge is 0.207 e. The third-order valence-electron chi connectivity index (χ3n) is 9.39. The molecule has 2 aliphatic carbocycles. The highest BCUT2D eigenvalue weighted by atomic mass is 19.2. The van der Waals surface area contributed by atoms with E-state index < -0.39 is 34.9 Å². The van der Waals surface area contributed by atoms with Crippen molar-refractivity contribution in [2.75, 3.05) is 0 Å². The van der Waals surface area contributed by atoms with Crippen LogP contribution in [0, 0.1) is 52.2 Å². The highest BCUT2D eigenvalue weighted by Crippen LogP contribution is 2.44. The fraction of sp³-hybridized carbons (Fsp3) is 0.457. The first-order valence-corrected chi connectivity index (χ1v) is 15.1. The lowest BCUT2D eigenvalue weighted by Crippen LogP contribution is -2.21. The van der Waals surface area contributed by atoms with Gasteiger partial charge in [0.05, 0.1) is 5.56 Å². The standard InChI is InChI=1S/C35H35F6N/c1-2-3-4-21-16-29(36)28(30(37)17-21)13-6-20-5-12-27-25(15-20)18-31(38)32(34(27)40)23-9-7-22(8-10-23)26-14-11-24(19-42)33(39)35(26)41/h11,14,16-18,20,22-23H,2-10,12-13,15H2,1H3. The molecule has 0 spiro atoms. The molecule has 0 radical (unpaired) electrons. The molecule has 1 unspecified atom stereocenters. The monoisotopic (exact) mass is 583 g/mol. The zero-order valence-corrected chi connectivity index (χ0v) is 23.8. The van der Waals surface area contributed by atoms with Crippen molar-refractivity contribution in [2.24, 2.45) is 5.92 Å². The molecule has 1 nitrogen and oxygen atoms in total. The van der Waals surface area contributed by atoms with Crippen molar-refractivity contribution in [2.45, 2.75) is 95.8 Å². The van der Waals surface area contributed by atoms with Gasteiger partial charge in [-0.25, -0.2) is 26.3 Å². The predicted octanol–water partition coefficient (Wildman–Crippen LogP) is 9.91. The van der Waals surface area contributed by atoms with E-state index in [1.165, 1.54) is 30.3 Å². The summed E-state index contributed by atoms with van der Waals surface area (Å²) >= 11 is 0. The van der Waals surface area contributed by atoms with Gasteiger partial charge in [0.25, 0.3) is 0 Å². The van der Waals surface area contributed by atoms with E-state index in [0.29, 0.717) is 74.5 Å². The number of hydrogen-bond donors (Lipinski definition) is 0. The maximum Gasteiger partial charge on any atom is 0.176 e. The summed E-state index contributed by atoms with van der Waals surface area (Å²) in [5.74, 6) is -4.91. The first-order valence-electron chi connectivity index (χ1n) is 15.1. The molecule has 0 amide bonds. The van der Waals surface area contributed by atoms with Gasteiger partial charge in [-0.05, 0) is 135 Å². The van der Waals surface area contributed by atoms with E-state index in [0.717, 1.165) is 12.8 Å². The summed E-state index contributed by atoms with van der Waals surface area (Å²) < 4.78 is 89.2. The van der Waals surface area contributed by atoms with Gasteiger partial charge in [0.1, 0.15) is 29.3 Å². The molecule has 1 saturated carbocycles. The third-order valence-corrected chi connectivity index (χ3v) is 9.39. The quantitative estimate of drug-likeness (QED) is 0.242. The van der Waals surface area contributed by atoms with E-state index in [9.17, 15) is 17.6 Å². The minimum absolute atomic E-state index is 0.0684. The van der Waals surface area contributed by atoms with Gasteiger partial charge in [0.2, 0.25) is 0 Å². The molecule has 3 aromatic rings. The lowest BCUT2D eigenvalue weighted by molar-refractivity contribution is 0.360. The second kappa shape index (κ2) is 12.9. The highest BCUT2D eigenvalue weighted by molar-refractivity contribution is 5.40. The summed E-state index contributed by atoms with van der Waals surface area (Å²) in [6, 6.07) is 8.60. The fourth-order valence-corrected chi connectivity index (χ4v) is 6.99. The van der Waals surface area contributed by atoms with Crippen LogP contribution in [0.15, 0.2) is 30.3 Å². The van der Waals surface area contributed by atoms with Gasteiger partial charge in [-0.1, -0.05) is 19.4 Å². The van der Waals surface area contributed by atoms with E-state index in [1.54, 1.807) is 6.07 Å². The van der Waals surface area contributed by atoms with Gasteiger partial charge in [0.15, 0.2) is 11.6 Å². The van der Waals surface area contributed by atoms with Crippen molar-refractivity contribution in [3.05, 3.63) is 104 Å². The Morgan fingerprint density at radius 3 is 2.14 bits per heavy atom. The van der Waals surface area contributed by atoms with Crippen LogP contribution in [0.2, 0.25) is 0 Å². The first kappa shape index (κ1) is 30.2. The SMILES string of the molecule is CCCCc1cc(F)c(CCC2CCc3c(cc(F)c(C4CCC(c5ccc(C#N)c(F)c5F)CC4)c3F)C2)c(F)c1. The summed E-state index contributed by atoms with van der Waals surface area (Å²) in [5.41, 5.74) is 1.80. The van der Waals surface area contributed by atoms with Gasteiger partial charge >= 0.3 is 0 Å². The van der Waals surface area contributed by atoms with E-state index in [-0.39, 0.29) is 46.4 Å². The van der Waals surface area contributed by atoms with Crippen LogP contribution >= 0.6 is 0 Å². The third kappa shape index (κ3) is 6.09. The second-order valence-corrected chi connectivity index (χ2v) is 12.0. The summed E-state index contributed by atoms with van der Waals surface area (Å²) in [5, 5.41) is 8.92. The molecule has 3 aromatic carbocycles. The van der Waals surface area contributed by atoms with Crippen molar-refractivity contribution < 1.29 is 26.3 Å². The van der Waals surface area contributed by atoms with Crippen molar-refractivity contribution in [1.82, 2.24) is 0 Å². The van der Waals surface area contributed by atoms with Crippen LogP contribution in [0.4, 0.5) is 26.3 Å². The van der Waals surface area contributed by atoms with Crippen LogP contribution in [-0.4, -0.2) is 0 Å². The van der Waals surface area contributed by atoms with Gasteiger partial charge in [-0.3, -0.25) is 0 Å². The average Bonchev–Trinajstić information content (AvgIpc) is 2.97. The fourth-order valence-electron chi connectivity index (χ4n) is 6.99. The Labute approximate surface area is 243 Å². The number of unbranched alkanes of at least 4 members (excludes halogenated alkanes) is 1. The van der Waals surface area contributed by atoms with Gasteiger partial charge in [-0.15, -0.1) is 0 Å². The van der Waals surface area contributed by atoms with E-state index in [2.05, 4.69) is 0 Å². The number of hydrogen-bond acceptors (Lipinski definition) is 1. The predicted molar refractivity (Wildman–Crippen MR) is 150 cm³/mol. The number of nitriles is 1. The molecule has 0 heterocycles. The smallest absolute Gasteiger partial charge is 0.176 e. The number of rotatable bonds is 8. The molecular formula is C35H35F6N. The molecule has 0 aliphatic heterocycles. The van der Waals surface area contributed by atoms with Gasteiger partial charge in [-0.2, -0.15) is 5.26 Å². The number of aryl methyl sites for hydroxylation is 1. The topological polar surface area (TPSA) is 23.8 Å². The van der Waals surface area contributed by atoms with Crippen molar-refractivity contribution >= 4 is 0 Å². The number of nitrogens with zero attached hydrogens (tertiary/aromatic N) is 1. The lowest BCUT2D eigenvalue weighted by Gasteiger charge is -2.32. The summed E-state index contributed by atoms with van der Waals surface area (Å²) in [7, 11) is 0. The Bertz CT molecular complexity index is 1480. The number of halogens is 6. The Hall–Kier alpha value is -3.27. The minimum Gasteiger partial charge on any atom is -0.207 e. The minimum atomic E-state index is -1.15. The van der Waals surface area contributed by atoms with Crippen LogP contribution < -0.4 is 0 Å². The molecule has 0 saturated heterocycles. The molecule has 42 heavy (non-hydrogen) atoms. The average molecular weight is 584 g/mol. The molecule has 7 heteroatoms. The molecule has 1 atom stereocenters. The zero-order chi connectivity index (χ0) is 30.0. The van der Waals surface area contributed by atoms with Crippen LogP contribution in [0.1, 0.15) is 109 Å². The maximum absolute atomic E-state index is 15.8. The second-order valence-electron chi connectivity index (χ2n) is 12.0. The summed E-state index contributed by atoms with van der Waals surface area (Å²) in [4.78, 5) is 0. The van der Waals surface area contributed by atoms with Crippen LogP contribution in [0.5, 0.6) is 0 Å². The molecule has 1 fully saturated rings.